The number of thiophene rings is 1. The summed E-state index contributed by atoms with van der Waals surface area (Å²) in [5.41, 5.74) is 3.69. The van der Waals surface area contributed by atoms with Crippen LogP contribution in [0.4, 0.5) is 0 Å². The van der Waals surface area contributed by atoms with Crippen molar-refractivity contribution in [2.45, 2.75) is 13.3 Å². The van der Waals surface area contributed by atoms with Gasteiger partial charge in [-0.3, -0.25) is 9.59 Å². The molecular formula is C23H19N5O2S. The third-order valence-electron chi connectivity index (χ3n) is 5.19. The van der Waals surface area contributed by atoms with Crippen LogP contribution < -0.4 is 10.9 Å². The second-order valence-electron chi connectivity index (χ2n) is 7.32. The van der Waals surface area contributed by atoms with Crippen molar-refractivity contribution in [1.29, 1.82) is 0 Å². The summed E-state index contributed by atoms with van der Waals surface area (Å²) in [6, 6.07) is 16.9. The number of amides is 1. The molecule has 2 N–H and O–H groups in total. The standard InChI is InChI=1S/C23H19N5O2S/c1-14-4-6-15(7-5-14)20-21-25-23(30)18-9-8-16(13-19(18)28(21)27-26-20)22(29)24-11-10-17-3-2-12-31-17/h2-9,12-13,27H,10-11H2,1H3,(H,24,29). The highest BCUT2D eigenvalue weighted by Gasteiger charge is 2.15. The molecule has 0 radical (unpaired) electrons. The third kappa shape index (κ3) is 3.62. The van der Waals surface area contributed by atoms with Crippen molar-refractivity contribution in [2.75, 3.05) is 6.54 Å². The van der Waals surface area contributed by atoms with Gasteiger partial charge in [0, 0.05) is 22.5 Å². The number of aromatic amines is 1. The Bertz CT molecular complexity index is 1450. The van der Waals surface area contributed by atoms with Gasteiger partial charge < -0.3 is 5.32 Å². The Morgan fingerprint density at radius 1 is 1.16 bits per heavy atom. The zero-order chi connectivity index (χ0) is 21.4. The molecule has 3 heterocycles. The van der Waals surface area contributed by atoms with Gasteiger partial charge in [-0.25, -0.2) is 9.73 Å². The van der Waals surface area contributed by atoms with Crippen LogP contribution in [0.5, 0.6) is 0 Å². The maximum Gasteiger partial charge on any atom is 0.281 e. The molecule has 7 nitrogen and oxygen atoms in total. The molecule has 0 aliphatic carbocycles. The van der Waals surface area contributed by atoms with Crippen molar-refractivity contribution >= 4 is 33.8 Å². The summed E-state index contributed by atoms with van der Waals surface area (Å²) in [5, 5.41) is 12.7. The zero-order valence-electron chi connectivity index (χ0n) is 16.8. The molecule has 3 aromatic heterocycles. The average molecular weight is 430 g/mol. The molecule has 0 unspecified atom stereocenters. The Morgan fingerprint density at radius 3 is 2.77 bits per heavy atom. The number of benzene rings is 2. The van der Waals surface area contributed by atoms with Gasteiger partial charge in [-0.15, -0.1) is 11.3 Å². The van der Waals surface area contributed by atoms with E-state index < -0.39 is 0 Å². The smallest absolute Gasteiger partial charge is 0.281 e. The molecule has 0 saturated heterocycles. The van der Waals surface area contributed by atoms with E-state index in [4.69, 9.17) is 0 Å². The minimum Gasteiger partial charge on any atom is -0.352 e. The Hall–Kier alpha value is -3.78. The first kappa shape index (κ1) is 19.2. The molecule has 0 spiro atoms. The fraction of sp³-hybridized carbons (Fsp3) is 0.130. The molecule has 1 amide bonds. The Labute approximate surface area is 181 Å². The zero-order valence-corrected chi connectivity index (χ0v) is 17.6. The molecule has 0 aliphatic rings. The fourth-order valence-corrected chi connectivity index (χ4v) is 4.24. The van der Waals surface area contributed by atoms with Crippen molar-refractivity contribution in [3.63, 3.8) is 0 Å². The lowest BCUT2D eigenvalue weighted by Crippen LogP contribution is -2.25. The van der Waals surface area contributed by atoms with Gasteiger partial charge in [-0.05, 0) is 43.0 Å². The molecule has 154 valence electrons. The molecule has 8 heteroatoms. The highest BCUT2D eigenvalue weighted by Crippen LogP contribution is 2.23. The number of nitrogens with one attached hydrogen (secondary N) is 2. The summed E-state index contributed by atoms with van der Waals surface area (Å²) >= 11 is 1.67. The molecule has 0 atom stereocenters. The molecule has 0 aliphatic heterocycles. The molecule has 0 bridgehead atoms. The minimum absolute atomic E-state index is 0.185. The highest BCUT2D eigenvalue weighted by atomic mass is 32.1. The Kier molecular flexibility index (Phi) is 4.83. The van der Waals surface area contributed by atoms with E-state index in [0.29, 0.717) is 34.4 Å². The number of H-pyrrole nitrogens is 1. The number of carbonyl (C=O) groups excluding carboxylic acids is 1. The lowest BCUT2D eigenvalue weighted by molar-refractivity contribution is 0.0954. The van der Waals surface area contributed by atoms with E-state index in [9.17, 15) is 9.59 Å². The predicted molar refractivity (Wildman–Crippen MR) is 122 cm³/mol. The van der Waals surface area contributed by atoms with Crippen molar-refractivity contribution in [3.8, 4) is 11.3 Å². The maximum atomic E-state index is 12.7. The van der Waals surface area contributed by atoms with Crippen LogP contribution in [0.2, 0.25) is 0 Å². The topological polar surface area (TPSA) is 92.2 Å². The number of hydrogen-bond acceptors (Lipinski definition) is 5. The summed E-state index contributed by atoms with van der Waals surface area (Å²) in [6.45, 7) is 2.56. The number of hydrogen-bond donors (Lipinski definition) is 2. The monoisotopic (exact) mass is 429 g/mol. The van der Waals surface area contributed by atoms with Crippen LogP contribution in [0.1, 0.15) is 20.8 Å². The highest BCUT2D eigenvalue weighted by molar-refractivity contribution is 7.09. The Balaban J connectivity index is 1.51. The maximum absolute atomic E-state index is 12.7. The summed E-state index contributed by atoms with van der Waals surface area (Å²) < 4.78 is 1.65. The van der Waals surface area contributed by atoms with E-state index in [1.54, 1.807) is 34.1 Å². The number of nitrogens with zero attached hydrogens (tertiary/aromatic N) is 3. The summed E-state index contributed by atoms with van der Waals surface area (Å²) in [5.74, 6) is -0.185. The second kappa shape index (κ2) is 7.81. The number of aryl methyl sites for hydroxylation is 1. The van der Waals surface area contributed by atoms with Crippen molar-refractivity contribution in [2.24, 2.45) is 0 Å². The van der Waals surface area contributed by atoms with Gasteiger partial charge in [-0.1, -0.05) is 35.9 Å². The van der Waals surface area contributed by atoms with Gasteiger partial charge in [0.15, 0.2) is 5.65 Å². The second-order valence-corrected chi connectivity index (χ2v) is 8.35. The lowest BCUT2D eigenvalue weighted by Gasteiger charge is -2.07. The van der Waals surface area contributed by atoms with Gasteiger partial charge in [0.1, 0.15) is 5.69 Å². The van der Waals surface area contributed by atoms with Crippen LogP contribution in [-0.4, -0.2) is 32.3 Å². The number of carbonyl (C=O) groups is 1. The van der Waals surface area contributed by atoms with Crippen LogP contribution in [0, 0.1) is 6.92 Å². The number of fused-ring (bicyclic) bond motifs is 3. The van der Waals surface area contributed by atoms with E-state index in [1.807, 2.05) is 48.7 Å². The van der Waals surface area contributed by atoms with Gasteiger partial charge in [0.2, 0.25) is 0 Å². The van der Waals surface area contributed by atoms with Crippen LogP contribution in [-0.2, 0) is 6.42 Å². The minimum atomic E-state index is -0.352. The first-order valence-corrected chi connectivity index (χ1v) is 10.8. The summed E-state index contributed by atoms with van der Waals surface area (Å²) in [4.78, 5) is 30.8. The fourth-order valence-electron chi connectivity index (χ4n) is 3.53. The first-order valence-electron chi connectivity index (χ1n) is 9.89. The number of rotatable bonds is 5. The quantitative estimate of drug-likeness (QED) is 0.447. The van der Waals surface area contributed by atoms with Crippen molar-refractivity contribution < 1.29 is 4.79 Å². The van der Waals surface area contributed by atoms with E-state index in [-0.39, 0.29) is 11.5 Å². The SMILES string of the molecule is Cc1ccc(-c2n[nH]n3c2nc(=O)c2ccc(C(=O)NCCc4cccs4)cc23)cc1. The van der Waals surface area contributed by atoms with E-state index >= 15 is 0 Å². The molecule has 5 aromatic rings. The first-order chi connectivity index (χ1) is 15.1. The molecule has 0 saturated carbocycles. The summed E-state index contributed by atoms with van der Waals surface area (Å²) in [7, 11) is 0. The largest absolute Gasteiger partial charge is 0.352 e. The Morgan fingerprint density at radius 2 is 2.00 bits per heavy atom. The normalized spacial score (nSPS) is 11.3. The molecular weight excluding hydrogens is 410 g/mol. The van der Waals surface area contributed by atoms with Crippen molar-refractivity contribution in [3.05, 3.63) is 86.3 Å². The van der Waals surface area contributed by atoms with Crippen molar-refractivity contribution in [1.82, 2.24) is 25.1 Å². The van der Waals surface area contributed by atoms with Gasteiger partial charge >= 0.3 is 0 Å². The van der Waals surface area contributed by atoms with E-state index in [0.717, 1.165) is 17.5 Å². The van der Waals surface area contributed by atoms with Gasteiger partial charge in [0.25, 0.3) is 11.5 Å². The molecule has 5 rings (SSSR count). The molecule has 31 heavy (non-hydrogen) atoms. The van der Waals surface area contributed by atoms with Crippen LogP contribution in [0.3, 0.4) is 0 Å². The average Bonchev–Trinajstić information content (AvgIpc) is 3.44. The molecule has 0 fully saturated rings. The van der Waals surface area contributed by atoms with Gasteiger partial charge in [-0.2, -0.15) is 10.1 Å². The van der Waals surface area contributed by atoms with E-state index in [2.05, 4.69) is 20.6 Å². The van der Waals surface area contributed by atoms with Crippen LogP contribution in [0.25, 0.3) is 27.8 Å². The predicted octanol–water partition coefficient (Wildman–Crippen LogP) is 3.58. The van der Waals surface area contributed by atoms with Crippen LogP contribution in [0.15, 0.2) is 64.8 Å². The van der Waals surface area contributed by atoms with Gasteiger partial charge in [0.05, 0.1) is 10.9 Å². The third-order valence-corrected chi connectivity index (χ3v) is 6.12. The lowest BCUT2D eigenvalue weighted by atomic mass is 10.1. The number of aromatic nitrogens is 4. The van der Waals surface area contributed by atoms with E-state index in [1.165, 1.54) is 4.88 Å². The molecule has 2 aromatic carbocycles. The summed E-state index contributed by atoms with van der Waals surface area (Å²) in [6.07, 6.45) is 0.783. The van der Waals surface area contributed by atoms with Crippen LogP contribution >= 0.6 is 11.3 Å².